The predicted octanol–water partition coefficient (Wildman–Crippen LogP) is 5.33. The highest BCUT2D eigenvalue weighted by Gasteiger charge is 2.32. The first-order chi connectivity index (χ1) is 18.1. The molecule has 0 heterocycles. The van der Waals surface area contributed by atoms with E-state index in [0.29, 0.717) is 29.9 Å². The molecular weight excluding hydrogens is 483 g/mol. The van der Waals surface area contributed by atoms with E-state index in [-0.39, 0.29) is 24.8 Å². The zero-order chi connectivity index (χ0) is 27.7. The van der Waals surface area contributed by atoms with Crippen molar-refractivity contribution < 1.29 is 23.5 Å². The molecule has 0 saturated heterocycles. The van der Waals surface area contributed by atoms with Crippen LogP contribution in [0, 0.1) is 5.82 Å². The van der Waals surface area contributed by atoms with Crippen LogP contribution in [0.4, 0.5) is 4.39 Å². The van der Waals surface area contributed by atoms with Gasteiger partial charge in [0.25, 0.3) is 0 Å². The first-order valence-corrected chi connectivity index (χ1v) is 12.7. The van der Waals surface area contributed by atoms with Crippen molar-refractivity contribution in [2.45, 2.75) is 58.2 Å². The van der Waals surface area contributed by atoms with Crippen LogP contribution in [0.5, 0.6) is 11.5 Å². The maximum atomic E-state index is 14.7. The molecule has 0 spiro atoms. The summed E-state index contributed by atoms with van der Waals surface area (Å²) in [6.45, 7) is 5.66. The van der Waals surface area contributed by atoms with Gasteiger partial charge in [0.05, 0.1) is 14.2 Å². The normalized spacial score (nSPS) is 11.9. The Morgan fingerprint density at radius 3 is 2.18 bits per heavy atom. The van der Waals surface area contributed by atoms with Gasteiger partial charge < -0.3 is 19.7 Å². The SMILES string of the molecule is COc1ccc(CCC(=O)N(Cc2ccccc2F)[C@@H](Cc2ccccc2)C(=O)NC(C)(C)C)cc1OC. The van der Waals surface area contributed by atoms with Crippen molar-refractivity contribution in [2.75, 3.05) is 14.2 Å². The molecule has 3 aromatic rings. The van der Waals surface area contributed by atoms with Gasteiger partial charge in [-0.2, -0.15) is 0 Å². The highest BCUT2D eigenvalue weighted by Crippen LogP contribution is 2.28. The number of amides is 2. The molecule has 0 saturated carbocycles. The summed E-state index contributed by atoms with van der Waals surface area (Å²) in [5.74, 6) is 0.239. The van der Waals surface area contributed by atoms with Crippen LogP contribution in [0.1, 0.15) is 43.9 Å². The molecule has 0 aliphatic heterocycles. The molecular formula is C31H37FN2O4. The van der Waals surface area contributed by atoms with Crippen LogP contribution in [-0.2, 0) is 29.0 Å². The third-order valence-electron chi connectivity index (χ3n) is 6.14. The minimum atomic E-state index is -0.825. The van der Waals surface area contributed by atoms with Crippen molar-refractivity contribution in [2.24, 2.45) is 0 Å². The van der Waals surface area contributed by atoms with Crippen LogP contribution in [0.2, 0.25) is 0 Å². The van der Waals surface area contributed by atoms with Gasteiger partial charge >= 0.3 is 0 Å². The summed E-state index contributed by atoms with van der Waals surface area (Å²) < 4.78 is 25.4. The van der Waals surface area contributed by atoms with Gasteiger partial charge in [0.2, 0.25) is 11.8 Å². The molecule has 0 fully saturated rings. The van der Waals surface area contributed by atoms with E-state index in [1.54, 1.807) is 38.5 Å². The van der Waals surface area contributed by atoms with E-state index in [1.165, 1.54) is 11.0 Å². The lowest BCUT2D eigenvalue weighted by atomic mass is 9.99. The van der Waals surface area contributed by atoms with Crippen molar-refractivity contribution in [1.82, 2.24) is 10.2 Å². The van der Waals surface area contributed by atoms with E-state index in [1.807, 2.05) is 63.2 Å². The largest absolute Gasteiger partial charge is 0.493 e. The lowest BCUT2D eigenvalue weighted by Crippen LogP contribution is -2.54. The van der Waals surface area contributed by atoms with Crippen molar-refractivity contribution >= 4 is 11.8 Å². The smallest absolute Gasteiger partial charge is 0.243 e. The van der Waals surface area contributed by atoms with Gasteiger partial charge in [0.15, 0.2) is 11.5 Å². The van der Waals surface area contributed by atoms with Gasteiger partial charge in [-0.25, -0.2) is 4.39 Å². The lowest BCUT2D eigenvalue weighted by Gasteiger charge is -2.34. The first-order valence-electron chi connectivity index (χ1n) is 12.7. The average Bonchev–Trinajstić information content (AvgIpc) is 2.89. The van der Waals surface area contributed by atoms with Gasteiger partial charge in [-0.05, 0) is 56.5 Å². The number of hydrogen-bond donors (Lipinski definition) is 1. The fourth-order valence-corrected chi connectivity index (χ4v) is 4.25. The van der Waals surface area contributed by atoms with Gasteiger partial charge in [0, 0.05) is 30.5 Å². The second-order valence-electron chi connectivity index (χ2n) is 10.2. The molecule has 0 aliphatic rings. The average molecular weight is 521 g/mol. The predicted molar refractivity (Wildman–Crippen MR) is 147 cm³/mol. The Bertz CT molecular complexity index is 1220. The molecule has 3 aromatic carbocycles. The molecule has 0 aliphatic carbocycles. The molecule has 2 amide bonds. The molecule has 7 heteroatoms. The van der Waals surface area contributed by atoms with Crippen LogP contribution >= 0.6 is 0 Å². The minimum Gasteiger partial charge on any atom is -0.493 e. The zero-order valence-electron chi connectivity index (χ0n) is 22.8. The van der Waals surface area contributed by atoms with E-state index in [2.05, 4.69) is 5.32 Å². The second-order valence-corrected chi connectivity index (χ2v) is 10.2. The quantitative estimate of drug-likeness (QED) is 0.371. The first kappa shape index (κ1) is 28.7. The molecule has 3 rings (SSSR count). The molecule has 0 aromatic heterocycles. The maximum Gasteiger partial charge on any atom is 0.243 e. The molecule has 0 unspecified atom stereocenters. The van der Waals surface area contributed by atoms with E-state index in [0.717, 1.165) is 11.1 Å². The third kappa shape index (κ3) is 8.07. The molecule has 38 heavy (non-hydrogen) atoms. The summed E-state index contributed by atoms with van der Waals surface area (Å²) in [5.41, 5.74) is 1.65. The van der Waals surface area contributed by atoms with Gasteiger partial charge in [0.1, 0.15) is 11.9 Å². The minimum absolute atomic E-state index is 0.0213. The van der Waals surface area contributed by atoms with Gasteiger partial charge in [-0.3, -0.25) is 9.59 Å². The number of carbonyl (C=O) groups excluding carboxylic acids is 2. The standard InChI is InChI=1S/C31H37FN2O4/c1-31(2,3)33-30(36)26(19-22-11-7-6-8-12-22)34(21-24-13-9-10-14-25(24)32)29(35)18-16-23-15-17-27(37-4)28(20-23)38-5/h6-15,17,20,26H,16,18-19,21H2,1-5H3,(H,33,36)/t26-/m0/s1. The number of nitrogens with zero attached hydrogens (tertiary/aromatic N) is 1. The summed E-state index contributed by atoms with van der Waals surface area (Å²) >= 11 is 0. The monoisotopic (exact) mass is 520 g/mol. The van der Waals surface area contributed by atoms with E-state index in [4.69, 9.17) is 9.47 Å². The van der Waals surface area contributed by atoms with Crippen LogP contribution in [-0.4, -0.2) is 42.5 Å². The number of hydrogen-bond acceptors (Lipinski definition) is 4. The number of nitrogens with one attached hydrogen (secondary N) is 1. The number of benzene rings is 3. The highest BCUT2D eigenvalue weighted by molar-refractivity contribution is 5.88. The maximum absolute atomic E-state index is 14.7. The number of rotatable bonds is 11. The number of carbonyl (C=O) groups is 2. The Morgan fingerprint density at radius 2 is 1.55 bits per heavy atom. The Balaban J connectivity index is 1.94. The highest BCUT2D eigenvalue weighted by atomic mass is 19.1. The van der Waals surface area contributed by atoms with Crippen LogP contribution in [0.25, 0.3) is 0 Å². The lowest BCUT2D eigenvalue weighted by molar-refractivity contribution is -0.142. The van der Waals surface area contributed by atoms with Gasteiger partial charge in [-0.1, -0.05) is 54.6 Å². The topological polar surface area (TPSA) is 67.9 Å². The summed E-state index contributed by atoms with van der Waals surface area (Å²) in [6.07, 6.45) is 0.864. The van der Waals surface area contributed by atoms with Crippen molar-refractivity contribution in [3.8, 4) is 11.5 Å². The van der Waals surface area contributed by atoms with E-state index in [9.17, 15) is 14.0 Å². The summed E-state index contributed by atoms with van der Waals surface area (Å²) in [5, 5.41) is 3.02. The van der Waals surface area contributed by atoms with E-state index >= 15 is 0 Å². The second kappa shape index (κ2) is 13.1. The summed E-state index contributed by atoms with van der Waals surface area (Å²) in [4.78, 5) is 28.9. The van der Waals surface area contributed by atoms with Crippen molar-refractivity contribution in [3.05, 3.63) is 95.3 Å². The molecule has 0 bridgehead atoms. The van der Waals surface area contributed by atoms with E-state index < -0.39 is 17.4 Å². The molecule has 1 N–H and O–H groups in total. The Kier molecular flexibility index (Phi) is 9.88. The number of ether oxygens (including phenoxy) is 2. The number of methoxy groups -OCH3 is 2. The van der Waals surface area contributed by atoms with Gasteiger partial charge in [-0.15, -0.1) is 0 Å². The Hall–Kier alpha value is -3.87. The number of aryl methyl sites for hydroxylation is 1. The zero-order valence-corrected chi connectivity index (χ0v) is 22.8. The molecule has 6 nitrogen and oxygen atoms in total. The molecule has 1 atom stereocenters. The third-order valence-corrected chi connectivity index (χ3v) is 6.14. The molecule has 202 valence electrons. The Labute approximate surface area is 224 Å². The van der Waals surface area contributed by atoms with Crippen molar-refractivity contribution in [1.29, 1.82) is 0 Å². The summed E-state index contributed by atoms with van der Waals surface area (Å²) in [7, 11) is 3.13. The fraction of sp³-hybridized carbons (Fsp3) is 0.355. The Morgan fingerprint density at radius 1 is 0.895 bits per heavy atom. The van der Waals surface area contributed by atoms with Crippen LogP contribution in [0.3, 0.4) is 0 Å². The van der Waals surface area contributed by atoms with Crippen LogP contribution < -0.4 is 14.8 Å². The fourth-order valence-electron chi connectivity index (χ4n) is 4.25. The molecule has 0 radical (unpaired) electrons. The van der Waals surface area contributed by atoms with Crippen LogP contribution in [0.15, 0.2) is 72.8 Å². The van der Waals surface area contributed by atoms with Crippen molar-refractivity contribution in [3.63, 3.8) is 0 Å². The summed E-state index contributed by atoms with van der Waals surface area (Å²) in [6, 6.07) is 20.6. The number of halogens is 1.